The van der Waals surface area contributed by atoms with Crippen LogP contribution >= 0.6 is 0 Å². The molecule has 76 valence electrons. The lowest BCUT2D eigenvalue weighted by atomic mass is 10.6. The Hall–Kier alpha value is -1.82. The monoisotopic (exact) mass is 189 g/mol. The molecule has 0 aliphatic heterocycles. The molecule has 0 saturated carbocycles. The first-order valence-electron chi connectivity index (χ1n) is 3.10. The smallest absolute Gasteiger partial charge is 0.309 e. The molecule has 6 heteroatoms. The van der Waals surface area contributed by atoms with Crippen molar-refractivity contribution < 1.29 is 14.7 Å². The summed E-state index contributed by atoms with van der Waals surface area (Å²) in [4.78, 5) is 18.5. The predicted octanol–water partition coefficient (Wildman–Crippen LogP) is -1.15. The van der Waals surface area contributed by atoms with Crippen molar-refractivity contribution in [2.24, 2.45) is 17.2 Å². The van der Waals surface area contributed by atoms with Crippen LogP contribution in [0.1, 0.15) is 0 Å². The van der Waals surface area contributed by atoms with Gasteiger partial charge in [0.2, 0.25) is 5.91 Å². The summed E-state index contributed by atoms with van der Waals surface area (Å²) < 4.78 is 0. The number of urea groups is 1. The summed E-state index contributed by atoms with van der Waals surface area (Å²) in [5.74, 6) is -0.481. The summed E-state index contributed by atoms with van der Waals surface area (Å²) in [6.45, 7) is 6.40. The van der Waals surface area contributed by atoms with Gasteiger partial charge in [-0.15, -0.1) is 6.58 Å². The number of carbonyl (C=O) groups is 2. The molecular weight excluding hydrogens is 174 g/mol. The second kappa shape index (κ2) is 16.6. The molecule has 6 nitrogen and oxygen atoms in total. The summed E-state index contributed by atoms with van der Waals surface area (Å²) >= 11 is 0. The Morgan fingerprint density at radius 2 is 1.38 bits per heavy atom. The van der Waals surface area contributed by atoms with Gasteiger partial charge in [-0.3, -0.25) is 4.79 Å². The largest absolute Gasteiger partial charge is 0.392 e. The lowest BCUT2D eigenvalue weighted by Gasteiger charge is -1.65. The van der Waals surface area contributed by atoms with Gasteiger partial charge in [0, 0.05) is 0 Å². The van der Waals surface area contributed by atoms with E-state index in [0.717, 1.165) is 6.08 Å². The highest BCUT2D eigenvalue weighted by Gasteiger charge is 1.69. The van der Waals surface area contributed by atoms with E-state index in [-0.39, 0.29) is 6.61 Å². The highest BCUT2D eigenvalue weighted by atomic mass is 16.2. The van der Waals surface area contributed by atoms with Gasteiger partial charge in [-0.25, -0.2) is 4.79 Å². The van der Waals surface area contributed by atoms with Crippen LogP contribution in [-0.4, -0.2) is 23.7 Å². The van der Waals surface area contributed by atoms with E-state index in [4.69, 9.17) is 9.90 Å². The normalized spacial score (nSPS) is 6.23. The second-order valence-corrected chi connectivity index (χ2v) is 1.48. The molecular formula is C7H15N3O3. The maximum Gasteiger partial charge on any atom is 0.309 e. The van der Waals surface area contributed by atoms with Crippen molar-refractivity contribution in [1.82, 2.24) is 0 Å². The molecule has 0 aliphatic rings. The number of hydrogen-bond acceptors (Lipinski definition) is 3. The molecule has 0 aromatic rings. The zero-order valence-electron chi connectivity index (χ0n) is 7.27. The fraction of sp³-hybridized carbons (Fsp3) is 0.143. The van der Waals surface area contributed by atoms with E-state index in [2.05, 4.69) is 30.4 Å². The summed E-state index contributed by atoms with van der Waals surface area (Å²) in [6.07, 6.45) is 2.49. The zero-order chi connectivity index (χ0) is 11.3. The zero-order valence-corrected chi connectivity index (χ0v) is 7.27. The topological polar surface area (TPSA) is 132 Å². The highest BCUT2D eigenvalue weighted by Crippen LogP contribution is 1.48. The highest BCUT2D eigenvalue weighted by molar-refractivity contribution is 5.84. The Labute approximate surface area is 76.7 Å². The number of hydrogen-bond donors (Lipinski definition) is 4. The van der Waals surface area contributed by atoms with Crippen LogP contribution < -0.4 is 17.2 Å². The molecule has 0 radical (unpaired) electrons. The van der Waals surface area contributed by atoms with E-state index >= 15 is 0 Å². The van der Waals surface area contributed by atoms with Crippen molar-refractivity contribution in [3.63, 3.8) is 0 Å². The molecule has 0 atom stereocenters. The molecule has 0 heterocycles. The summed E-state index contributed by atoms with van der Waals surface area (Å²) in [5, 5.41) is 7.76. The number of aliphatic hydroxyl groups excluding tert-OH is 1. The number of amides is 3. The Morgan fingerprint density at radius 1 is 1.23 bits per heavy atom. The van der Waals surface area contributed by atoms with Crippen molar-refractivity contribution in [2.45, 2.75) is 0 Å². The molecule has 7 N–H and O–H groups in total. The molecule has 0 aromatic carbocycles. The summed E-state index contributed by atoms with van der Waals surface area (Å²) in [7, 11) is 0. The van der Waals surface area contributed by atoms with E-state index in [9.17, 15) is 4.79 Å². The van der Waals surface area contributed by atoms with Gasteiger partial charge in [-0.2, -0.15) is 0 Å². The van der Waals surface area contributed by atoms with Gasteiger partial charge in [-0.1, -0.05) is 12.7 Å². The lowest BCUT2D eigenvalue weighted by Crippen LogP contribution is -2.18. The van der Waals surface area contributed by atoms with Crippen LogP contribution in [0.2, 0.25) is 0 Å². The number of aliphatic hydroxyl groups is 1. The summed E-state index contributed by atoms with van der Waals surface area (Å²) in [6, 6.07) is -0.833. The van der Waals surface area contributed by atoms with Crippen molar-refractivity contribution in [1.29, 1.82) is 0 Å². The van der Waals surface area contributed by atoms with Crippen LogP contribution in [0.4, 0.5) is 4.79 Å². The standard InChI is InChI=1S/C3H5NO.C3H6O.CH4N2O/c1-2-3(4)5;1-2-3-4;2-1(3)4/h2H,1H2,(H2,4,5);2,4H,1,3H2;(H4,2,3,4). The molecule has 0 spiro atoms. The first kappa shape index (κ1) is 17.3. The maximum absolute atomic E-state index is 9.47. The van der Waals surface area contributed by atoms with Gasteiger partial charge in [-0.05, 0) is 6.08 Å². The third-order valence-corrected chi connectivity index (χ3v) is 0.330. The molecule has 0 unspecified atom stereocenters. The molecule has 0 saturated heterocycles. The Bertz CT molecular complexity index is 164. The first-order chi connectivity index (χ1) is 5.92. The summed E-state index contributed by atoms with van der Waals surface area (Å²) in [5.41, 5.74) is 13.0. The van der Waals surface area contributed by atoms with E-state index in [0.29, 0.717) is 0 Å². The molecule has 0 fully saturated rings. The van der Waals surface area contributed by atoms with E-state index in [1.807, 2.05) is 0 Å². The van der Waals surface area contributed by atoms with Crippen LogP contribution in [0.3, 0.4) is 0 Å². The van der Waals surface area contributed by atoms with E-state index < -0.39 is 11.9 Å². The van der Waals surface area contributed by atoms with Crippen molar-refractivity contribution >= 4 is 11.9 Å². The van der Waals surface area contributed by atoms with Crippen LogP contribution in [0.5, 0.6) is 0 Å². The molecule has 0 bridgehead atoms. The van der Waals surface area contributed by atoms with Crippen LogP contribution in [0.15, 0.2) is 25.3 Å². The number of primary amides is 3. The Balaban J connectivity index is -0.000000117. The average molecular weight is 189 g/mol. The van der Waals surface area contributed by atoms with Gasteiger partial charge in [0.1, 0.15) is 0 Å². The van der Waals surface area contributed by atoms with Gasteiger partial charge >= 0.3 is 6.03 Å². The molecule has 0 aromatic heterocycles. The number of rotatable bonds is 2. The molecule has 13 heavy (non-hydrogen) atoms. The average Bonchev–Trinajstić information content (AvgIpc) is 2.04. The quantitative estimate of drug-likeness (QED) is 0.322. The number of nitrogens with two attached hydrogens (primary N) is 3. The SMILES string of the molecule is C=CC(N)=O.C=CCO.NC(N)=O. The first-order valence-corrected chi connectivity index (χ1v) is 3.10. The van der Waals surface area contributed by atoms with E-state index in [1.165, 1.54) is 6.08 Å². The molecule has 0 aliphatic carbocycles. The minimum Gasteiger partial charge on any atom is -0.392 e. The fourth-order valence-electron chi connectivity index (χ4n) is 0. The lowest BCUT2D eigenvalue weighted by molar-refractivity contribution is -0.113. The minimum absolute atomic E-state index is 0.0833. The van der Waals surface area contributed by atoms with Crippen LogP contribution in [0, 0.1) is 0 Å². The Kier molecular flexibility index (Phi) is 22.2. The second-order valence-electron chi connectivity index (χ2n) is 1.48. The van der Waals surface area contributed by atoms with Crippen molar-refractivity contribution in [2.75, 3.05) is 6.61 Å². The van der Waals surface area contributed by atoms with Crippen LogP contribution in [-0.2, 0) is 4.79 Å². The third-order valence-electron chi connectivity index (χ3n) is 0.330. The maximum atomic E-state index is 9.47. The predicted molar refractivity (Wildman–Crippen MR) is 50.4 cm³/mol. The van der Waals surface area contributed by atoms with Crippen molar-refractivity contribution in [3.05, 3.63) is 25.3 Å². The number of carbonyl (C=O) groups excluding carboxylic acids is 2. The van der Waals surface area contributed by atoms with E-state index in [1.54, 1.807) is 0 Å². The molecule has 0 rings (SSSR count). The van der Waals surface area contributed by atoms with Crippen LogP contribution in [0.25, 0.3) is 0 Å². The van der Waals surface area contributed by atoms with Crippen molar-refractivity contribution in [3.8, 4) is 0 Å². The Morgan fingerprint density at radius 3 is 1.38 bits per heavy atom. The third kappa shape index (κ3) is 489. The van der Waals surface area contributed by atoms with Gasteiger partial charge in [0.15, 0.2) is 0 Å². The fourth-order valence-corrected chi connectivity index (χ4v) is 0. The van der Waals surface area contributed by atoms with Gasteiger partial charge in [0.25, 0.3) is 0 Å². The minimum atomic E-state index is -0.833. The molecule has 3 amide bonds. The van der Waals surface area contributed by atoms with Gasteiger partial charge in [0.05, 0.1) is 6.61 Å². The van der Waals surface area contributed by atoms with Gasteiger partial charge < -0.3 is 22.3 Å².